The van der Waals surface area contributed by atoms with E-state index in [9.17, 15) is 0 Å². The first-order chi connectivity index (χ1) is 14.4. The highest BCUT2D eigenvalue weighted by Crippen LogP contribution is 2.27. The zero-order valence-corrected chi connectivity index (χ0v) is 18.1. The van der Waals surface area contributed by atoms with Crippen molar-refractivity contribution in [2.75, 3.05) is 5.32 Å². The molecule has 0 aliphatic carbocycles. The lowest BCUT2D eigenvalue weighted by Gasteiger charge is -2.17. The third-order valence-electron chi connectivity index (χ3n) is 5.14. The highest BCUT2D eigenvalue weighted by Gasteiger charge is 2.11. The Morgan fingerprint density at radius 1 is 0.867 bits per heavy atom. The van der Waals surface area contributed by atoms with Gasteiger partial charge in [0.25, 0.3) is 0 Å². The highest BCUT2D eigenvalue weighted by molar-refractivity contribution is 5.65. The van der Waals surface area contributed by atoms with Crippen LogP contribution in [-0.4, -0.2) is 19.7 Å². The zero-order valence-electron chi connectivity index (χ0n) is 18.1. The van der Waals surface area contributed by atoms with E-state index in [0.717, 1.165) is 34.0 Å². The first-order valence-electron chi connectivity index (χ1n) is 10.2. The fourth-order valence-electron chi connectivity index (χ4n) is 3.78. The van der Waals surface area contributed by atoms with E-state index in [2.05, 4.69) is 83.6 Å². The van der Waals surface area contributed by atoms with Gasteiger partial charge in [-0.1, -0.05) is 35.4 Å². The maximum absolute atomic E-state index is 4.66. The second-order valence-corrected chi connectivity index (χ2v) is 7.96. The van der Waals surface area contributed by atoms with Crippen LogP contribution >= 0.6 is 0 Å². The van der Waals surface area contributed by atoms with Crippen molar-refractivity contribution in [3.05, 3.63) is 83.4 Å². The summed E-state index contributed by atoms with van der Waals surface area (Å²) < 4.78 is 1.82. The quantitative estimate of drug-likeness (QED) is 0.473. The summed E-state index contributed by atoms with van der Waals surface area (Å²) in [5.41, 5.74) is 7.99. The minimum atomic E-state index is 0.100. The fourth-order valence-corrected chi connectivity index (χ4v) is 3.78. The zero-order chi connectivity index (χ0) is 21.3. The first kappa shape index (κ1) is 19.8. The molecule has 0 amide bonds. The molecule has 0 bridgehead atoms. The number of hydrogen-bond acceptors (Lipinski definition) is 4. The minimum Gasteiger partial charge on any atom is -0.363 e. The number of aromatic nitrogens is 4. The highest BCUT2D eigenvalue weighted by atomic mass is 15.2. The molecule has 4 rings (SSSR count). The van der Waals surface area contributed by atoms with E-state index in [4.69, 9.17) is 0 Å². The Kier molecular flexibility index (Phi) is 5.36. The van der Waals surface area contributed by atoms with Crippen LogP contribution in [0.15, 0.2) is 60.9 Å². The molecule has 5 heteroatoms. The van der Waals surface area contributed by atoms with Gasteiger partial charge in [-0.2, -0.15) is 5.10 Å². The molecule has 2 aromatic heterocycles. The van der Waals surface area contributed by atoms with Gasteiger partial charge >= 0.3 is 0 Å². The van der Waals surface area contributed by atoms with E-state index in [0.29, 0.717) is 0 Å². The van der Waals surface area contributed by atoms with E-state index in [-0.39, 0.29) is 6.04 Å². The number of anilines is 1. The molecule has 0 fully saturated rings. The number of aryl methyl sites for hydroxylation is 4. The molecule has 2 heterocycles. The minimum absolute atomic E-state index is 0.100. The normalized spacial score (nSPS) is 12.0. The van der Waals surface area contributed by atoms with E-state index in [1.165, 1.54) is 16.7 Å². The summed E-state index contributed by atoms with van der Waals surface area (Å²) in [6.45, 7) is 8.31. The lowest BCUT2D eigenvalue weighted by atomic mass is 10.0. The van der Waals surface area contributed by atoms with Crippen molar-refractivity contribution in [3.8, 4) is 22.4 Å². The van der Waals surface area contributed by atoms with Gasteiger partial charge in [0.15, 0.2) is 0 Å². The molecule has 5 nitrogen and oxygen atoms in total. The van der Waals surface area contributed by atoms with Crippen LogP contribution in [0, 0.1) is 20.8 Å². The molecule has 30 heavy (non-hydrogen) atoms. The van der Waals surface area contributed by atoms with E-state index >= 15 is 0 Å². The lowest BCUT2D eigenvalue weighted by Crippen LogP contribution is -2.09. The van der Waals surface area contributed by atoms with Crippen LogP contribution in [0.5, 0.6) is 0 Å². The summed E-state index contributed by atoms with van der Waals surface area (Å²) >= 11 is 0. The predicted molar refractivity (Wildman–Crippen MR) is 122 cm³/mol. The van der Waals surface area contributed by atoms with Gasteiger partial charge in [0.2, 0.25) is 0 Å². The Morgan fingerprint density at radius 3 is 2.33 bits per heavy atom. The molecule has 152 valence electrons. The molecule has 1 atom stereocenters. The van der Waals surface area contributed by atoms with Crippen molar-refractivity contribution in [1.82, 2.24) is 19.7 Å². The van der Waals surface area contributed by atoms with Gasteiger partial charge in [-0.25, -0.2) is 9.97 Å². The van der Waals surface area contributed by atoms with Gasteiger partial charge in [-0.05, 0) is 57.0 Å². The molecule has 0 unspecified atom stereocenters. The van der Waals surface area contributed by atoms with Crippen LogP contribution in [0.4, 0.5) is 5.82 Å². The van der Waals surface area contributed by atoms with Gasteiger partial charge in [-0.15, -0.1) is 0 Å². The molecule has 4 aromatic rings. The lowest BCUT2D eigenvalue weighted by molar-refractivity contribution is 0.768. The Bertz CT molecular complexity index is 1170. The number of hydrogen-bond donors (Lipinski definition) is 1. The second-order valence-electron chi connectivity index (χ2n) is 7.96. The van der Waals surface area contributed by atoms with Crippen molar-refractivity contribution in [3.63, 3.8) is 0 Å². The van der Waals surface area contributed by atoms with Gasteiger partial charge in [0, 0.05) is 36.5 Å². The third-order valence-corrected chi connectivity index (χ3v) is 5.14. The summed E-state index contributed by atoms with van der Waals surface area (Å²) in [6.07, 6.45) is 3.92. The monoisotopic (exact) mass is 397 g/mol. The van der Waals surface area contributed by atoms with E-state index in [1.807, 2.05) is 37.1 Å². The molecule has 0 aliphatic rings. The molecule has 0 aliphatic heterocycles. The maximum atomic E-state index is 4.66. The Morgan fingerprint density at radius 2 is 1.63 bits per heavy atom. The summed E-state index contributed by atoms with van der Waals surface area (Å²) in [6, 6.07) is 17.2. The summed E-state index contributed by atoms with van der Waals surface area (Å²) in [4.78, 5) is 9.28. The maximum Gasteiger partial charge on any atom is 0.130 e. The van der Waals surface area contributed by atoms with E-state index < -0.39 is 0 Å². The van der Waals surface area contributed by atoms with Crippen molar-refractivity contribution >= 4 is 5.82 Å². The largest absolute Gasteiger partial charge is 0.363 e. The summed E-state index contributed by atoms with van der Waals surface area (Å²) in [7, 11) is 1.93. The molecule has 0 spiro atoms. The van der Waals surface area contributed by atoms with Crippen LogP contribution in [0.1, 0.15) is 35.5 Å². The molecule has 0 saturated carbocycles. The molecule has 0 radical (unpaired) electrons. The number of nitrogens with one attached hydrogen (secondary N) is 1. The predicted octanol–water partition coefficient (Wildman–Crippen LogP) is 5.64. The summed E-state index contributed by atoms with van der Waals surface area (Å²) in [5.74, 6) is 1.58. The fraction of sp³-hybridized carbons (Fsp3) is 0.240. The van der Waals surface area contributed by atoms with Crippen LogP contribution in [0.3, 0.4) is 0 Å². The van der Waals surface area contributed by atoms with Crippen LogP contribution in [0.2, 0.25) is 0 Å². The molecular formula is C25H27N5. The van der Waals surface area contributed by atoms with Crippen molar-refractivity contribution < 1.29 is 0 Å². The SMILES string of the molecule is Cc1cc(C)cc(-c2cc(N[C@@H](C)c3cccc(-c4cnn(C)c4)c3)nc(C)n2)c1. The Labute approximate surface area is 177 Å². The van der Waals surface area contributed by atoms with Gasteiger partial charge in [0.05, 0.1) is 11.9 Å². The van der Waals surface area contributed by atoms with Crippen LogP contribution in [0.25, 0.3) is 22.4 Å². The van der Waals surface area contributed by atoms with Gasteiger partial charge in [-0.3, -0.25) is 4.68 Å². The third kappa shape index (κ3) is 4.40. The second kappa shape index (κ2) is 8.11. The topological polar surface area (TPSA) is 55.6 Å². The average Bonchev–Trinajstić information content (AvgIpc) is 3.13. The Balaban J connectivity index is 1.61. The van der Waals surface area contributed by atoms with E-state index in [1.54, 1.807) is 0 Å². The smallest absolute Gasteiger partial charge is 0.130 e. The van der Waals surface area contributed by atoms with Crippen LogP contribution in [-0.2, 0) is 7.05 Å². The Hall–Kier alpha value is -3.47. The van der Waals surface area contributed by atoms with Crippen molar-refractivity contribution in [1.29, 1.82) is 0 Å². The molecule has 1 N–H and O–H groups in total. The standard InChI is InChI=1S/C25H27N5/c1-16-9-17(2)11-22(10-16)24-13-25(29-19(4)28-24)27-18(3)20-7-6-8-21(12-20)23-14-26-30(5)15-23/h6-15,18H,1-5H3,(H,27,28,29)/t18-/m0/s1. The molecular weight excluding hydrogens is 370 g/mol. The number of nitrogens with zero attached hydrogens (tertiary/aromatic N) is 4. The average molecular weight is 398 g/mol. The van der Waals surface area contributed by atoms with Gasteiger partial charge in [0.1, 0.15) is 11.6 Å². The summed E-state index contributed by atoms with van der Waals surface area (Å²) in [5, 5.41) is 7.83. The first-order valence-corrected chi connectivity index (χ1v) is 10.2. The van der Waals surface area contributed by atoms with Gasteiger partial charge < -0.3 is 5.32 Å². The molecule has 0 saturated heterocycles. The number of rotatable bonds is 5. The molecule has 2 aromatic carbocycles. The van der Waals surface area contributed by atoms with Crippen molar-refractivity contribution in [2.24, 2.45) is 7.05 Å². The number of benzene rings is 2. The van der Waals surface area contributed by atoms with Crippen LogP contribution < -0.4 is 5.32 Å². The van der Waals surface area contributed by atoms with Crippen molar-refractivity contribution in [2.45, 2.75) is 33.7 Å².